The average Bonchev–Trinajstić information content (AvgIpc) is 2.19. The summed E-state index contributed by atoms with van der Waals surface area (Å²) in [5.74, 6) is 0. The van der Waals surface area contributed by atoms with E-state index < -0.39 is 0 Å². The zero-order valence-electron chi connectivity index (χ0n) is 7.88. The molecule has 0 aromatic heterocycles. The molecule has 13 heavy (non-hydrogen) atoms. The van der Waals surface area contributed by atoms with Gasteiger partial charge in [-0.3, -0.25) is 0 Å². The summed E-state index contributed by atoms with van der Waals surface area (Å²) in [6.07, 6.45) is 2.39. The Bertz CT molecular complexity index is 282. The summed E-state index contributed by atoms with van der Waals surface area (Å²) >= 11 is 0. The third kappa shape index (κ3) is 3.16. The van der Waals surface area contributed by atoms with Crippen LogP contribution in [0.2, 0.25) is 0 Å². The third-order valence-corrected chi connectivity index (χ3v) is 1.86. The Kier molecular flexibility index (Phi) is 3.84. The van der Waals surface area contributed by atoms with E-state index in [2.05, 4.69) is 17.1 Å². The molecule has 2 nitrogen and oxygen atoms in total. The second kappa shape index (κ2) is 5.21. The molecule has 0 saturated heterocycles. The SMILES string of the molecule is [C-]#[N+]c1ccc(NCCCC)cc1. The largest absolute Gasteiger partial charge is 0.385 e. The topological polar surface area (TPSA) is 16.4 Å². The highest BCUT2D eigenvalue weighted by Crippen LogP contribution is 2.15. The van der Waals surface area contributed by atoms with Gasteiger partial charge in [-0.1, -0.05) is 25.5 Å². The molecule has 0 amide bonds. The van der Waals surface area contributed by atoms with E-state index in [1.807, 2.05) is 24.3 Å². The summed E-state index contributed by atoms with van der Waals surface area (Å²) in [4.78, 5) is 3.33. The van der Waals surface area contributed by atoms with Crippen LogP contribution in [0.1, 0.15) is 19.8 Å². The second-order valence-electron chi connectivity index (χ2n) is 2.94. The summed E-state index contributed by atoms with van der Waals surface area (Å²) in [6, 6.07) is 7.56. The molecule has 1 aromatic carbocycles. The number of anilines is 1. The van der Waals surface area contributed by atoms with Gasteiger partial charge in [-0.2, -0.15) is 0 Å². The van der Waals surface area contributed by atoms with Gasteiger partial charge in [0.25, 0.3) is 0 Å². The van der Waals surface area contributed by atoms with Crippen molar-refractivity contribution in [1.29, 1.82) is 0 Å². The minimum absolute atomic E-state index is 0.695. The van der Waals surface area contributed by atoms with Gasteiger partial charge in [0.1, 0.15) is 0 Å². The van der Waals surface area contributed by atoms with Gasteiger partial charge in [0, 0.05) is 12.2 Å². The number of nitrogens with zero attached hydrogens (tertiary/aromatic N) is 1. The Morgan fingerprint density at radius 2 is 2.00 bits per heavy atom. The van der Waals surface area contributed by atoms with E-state index in [9.17, 15) is 0 Å². The van der Waals surface area contributed by atoms with Crippen LogP contribution in [0, 0.1) is 6.57 Å². The van der Waals surface area contributed by atoms with E-state index >= 15 is 0 Å². The van der Waals surface area contributed by atoms with Crippen molar-refractivity contribution in [2.24, 2.45) is 0 Å². The summed E-state index contributed by atoms with van der Waals surface area (Å²) in [5.41, 5.74) is 1.79. The van der Waals surface area contributed by atoms with Crippen LogP contribution in [0.25, 0.3) is 4.85 Å². The van der Waals surface area contributed by atoms with Crippen molar-refractivity contribution < 1.29 is 0 Å². The summed E-state index contributed by atoms with van der Waals surface area (Å²) in [5, 5.41) is 3.29. The van der Waals surface area contributed by atoms with Crippen LogP contribution in [-0.2, 0) is 0 Å². The predicted molar refractivity (Wildman–Crippen MR) is 56.1 cm³/mol. The fourth-order valence-corrected chi connectivity index (χ4v) is 1.06. The maximum absolute atomic E-state index is 6.79. The Hall–Kier alpha value is -1.49. The minimum atomic E-state index is 0.695. The zero-order chi connectivity index (χ0) is 9.52. The second-order valence-corrected chi connectivity index (χ2v) is 2.94. The molecule has 0 atom stereocenters. The molecule has 1 rings (SSSR count). The molecule has 0 aliphatic heterocycles. The number of nitrogens with one attached hydrogen (secondary N) is 1. The average molecular weight is 174 g/mol. The first-order valence-corrected chi connectivity index (χ1v) is 4.58. The lowest BCUT2D eigenvalue weighted by Crippen LogP contribution is -1.99. The summed E-state index contributed by atoms with van der Waals surface area (Å²) < 4.78 is 0. The highest BCUT2D eigenvalue weighted by molar-refractivity contribution is 5.53. The molecule has 0 unspecified atom stereocenters. The number of rotatable bonds is 4. The molecule has 2 heteroatoms. The minimum Gasteiger partial charge on any atom is -0.385 e. The predicted octanol–water partition coefficient (Wildman–Crippen LogP) is 3.45. The number of hydrogen-bond acceptors (Lipinski definition) is 1. The van der Waals surface area contributed by atoms with E-state index in [1.54, 1.807) is 0 Å². The van der Waals surface area contributed by atoms with Crippen molar-refractivity contribution in [3.05, 3.63) is 35.7 Å². The fourth-order valence-electron chi connectivity index (χ4n) is 1.06. The molecule has 0 aliphatic carbocycles. The first kappa shape index (κ1) is 9.60. The van der Waals surface area contributed by atoms with Gasteiger partial charge in [0.2, 0.25) is 0 Å². The highest BCUT2D eigenvalue weighted by atomic mass is 14.9. The van der Waals surface area contributed by atoms with Crippen molar-refractivity contribution in [1.82, 2.24) is 0 Å². The van der Waals surface area contributed by atoms with Crippen molar-refractivity contribution in [3.8, 4) is 0 Å². The van der Waals surface area contributed by atoms with Crippen LogP contribution in [-0.4, -0.2) is 6.54 Å². The number of unbranched alkanes of at least 4 members (excludes halogenated alkanes) is 1. The molecule has 0 fully saturated rings. The van der Waals surface area contributed by atoms with E-state index in [-0.39, 0.29) is 0 Å². The molecule has 0 heterocycles. The molecule has 0 radical (unpaired) electrons. The van der Waals surface area contributed by atoms with Crippen molar-refractivity contribution in [2.45, 2.75) is 19.8 Å². The first-order chi connectivity index (χ1) is 6.36. The van der Waals surface area contributed by atoms with Crippen molar-refractivity contribution >= 4 is 11.4 Å². The van der Waals surface area contributed by atoms with E-state index in [0.29, 0.717) is 5.69 Å². The molecular weight excluding hydrogens is 160 g/mol. The lowest BCUT2D eigenvalue weighted by molar-refractivity contribution is 0.834. The Morgan fingerprint density at radius 3 is 2.54 bits per heavy atom. The van der Waals surface area contributed by atoms with Gasteiger partial charge in [0.15, 0.2) is 5.69 Å². The molecule has 1 N–H and O–H groups in total. The molecule has 0 saturated carbocycles. The number of hydrogen-bond donors (Lipinski definition) is 1. The van der Waals surface area contributed by atoms with Crippen LogP contribution in [0.15, 0.2) is 24.3 Å². The third-order valence-electron chi connectivity index (χ3n) is 1.86. The van der Waals surface area contributed by atoms with Crippen LogP contribution < -0.4 is 5.32 Å². The van der Waals surface area contributed by atoms with Crippen molar-refractivity contribution in [2.75, 3.05) is 11.9 Å². The molecule has 0 bridgehead atoms. The Balaban J connectivity index is 2.46. The Labute approximate surface area is 79.4 Å². The first-order valence-electron chi connectivity index (χ1n) is 4.58. The van der Waals surface area contributed by atoms with Gasteiger partial charge in [-0.15, -0.1) is 0 Å². The van der Waals surface area contributed by atoms with Gasteiger partial charge < -0.3 is 5.32 Å². The van der Waals surface area contributed by atoms with E-state index in [0.717, 1.165) is 12.2 Å². The maximum atomic E-state index is 6.79. The smallest absolute Gasteiger partial charge is 0.187 e. The monoisotopic (exact) mass is 174 g/mol. The van der Waals surface area contributed by atoms with E-state index in [4.69, 9.17) is 6.57 Å². The van der Waals surface area contributed by atoms with Crippen LogP contribution >= 0.6 is 0 Å². The van der Waals surface area contributed by atoms with Crippen LogP contribution in [0.5, 0.6) is 0 Å². The number of benzene rings is 1. The molecule has 68 valence electrons. The maximum Gasteiger partial charge on any atom is 0.187 e. The molecule has 0 aliphatic rings. The van der Waals surface area contributed by atoms with Gasteiger partial charge >= 0.3 is 0 Å². The summed E-state index contributed by atoms with van der Waals surface area (Å²) in [6.45, 7) is 9.96. The quantitative estimate of drug-likeness (QED) is 0.546. The molecular formula is C11H14N2. The normalized spacial score (nSPS) is 9.23. The fraction of sp³-hybridized carbons (Fsp3) is 0.364. The van der Waals surface area contributed by atoms with Gasteiger partial charge in [-0.05, 0) is 18.6 Å². The van der Waals surface area contributed by atoms with Crippen LogP contribution in [0.4, 0.5) is 11.4 Å². The highest BCUT2D eigenvalue weighted by Gasteiger charge is 1.91. The van der Waals surface area contributed by atoms with Gasteiger partial charge in [-0.25, -0.2) is 4.85 Å². The van der Waals surface area contributed by atoms with E-state index in [1.165, 1.54) is 12.8 Å². The lowest BCUT2D eigenvalue weighted by atomic mass is 10.2. The van der Waals surface area contributed by atoms with Crippen molar-refractivity contribution in [3.63, 3.8) is 0 Å². The molecule has 1 aromatic rings. The standard InChI is InChI=1S/C11H14N2/c1-3-4-9-13-11-7-5-10(12-2)6-8-11/h5-8,13H,3-4,9H2,1H3. The van der Waals surface area contributed by atoms with Crippen LogP contribution in [0.3, 0.4) is 0 Å². The summed E-state index contributed by atoms with van der Waals surface area (Å²) in [7, 11) is 0. The van der Waals surface area contributed by atoms with Gasteiger partial charge in [0.05, 0.1) is 6.57 Å². The lowest BCUT2D eigenvalue weighted by Gasteiger charge is -2.04. The molecule has 0 spiro atoms. The zero-order valence-corrected chi connectivity index (χ0v) is 7.88. The Morgan fingerprint density at radius 1 is 1.31 bits per heavy atom.